The standard InChI is InChI=1S/C8H16NO3P/c1-3-4-8(5-7(2)9)6-13(10,11)12/h3,5,7H,1,4,6,9H2,2H3,(H2,10,11,12)/b8-5+. The molecule has 4 N–H and O–H groups in total. The lowest BCUT2D eigenvalue weighted by molar-refractivity contribution is 0.376. The van der Waals surface area contributed by atoms with Gasteiger partial charge < -0.3 is 15.5 Å². The molecule has 0 amide bonds. The summed E-state index contributed by atoms with van der Waals surface area (Å²) < 4.78 is 10.7. The average molecular weight is 205 g/mol. The van der Waals surface area contributed by atoms with Crippen LogP contribution in [-0.2, 0) is 4.57 Å². The second-order valence-corrected chi connectivity index (χ2v) is 4.65. The van der Waals surface area contributed by atoms with E-state index in [1.54, 1.807) is 19.1 Å². The number of allylic oxidation sites excluding steroid dienone is 2. The van der Waals surface area contributed by atoms with E-state index in [1.165, 1.54) is 0 Å². The van der Waals surface area contributed by atoms with Crippen molar-refractivity contribution in [3.8, 4) is 0 Å². The van der Waals surface area contributed by atoms with E-state index in [2.05, 4.69) is 6.58 Å². The lowest BCUT2D eigenvalue weighted by Crippen LogP contribution is -2.12. The first-order valence-corrected chi connectivity index (χ1v) is 5.75. The van der Waals surface area contributed by atoms with Crippen LogP contribution in [0.2, 0.25) is 0 Å². The fourth-order valence-electron chi connectivity index (χ4n) is 1.01. The summed E-state index contributed by atoms with van der Waals surface area (Å²) in [7, 11) is -3.98. The highest BCUT2D eigenvalue weighted by molar-refractivity contribution is 7.52. The van der Waals surface area contributed by atoms with Crippen molar-refractivity contribution in [1.29, 1.82) is 0 Å². The molecule has 0 fully saturated rings. The highest BCUT2D eigenvalue weighted by Gasteiger charge is 2.15. The molecule has 0 heterocycles. The molecule has 13 heavy (non-hydrogen) atoms. The Bertz CT molecular complexity index is 242. The van der Waals surface area contributed by atoms with E-state index < -0.39 is 7.60 Å². The molecule has 1 unspecified atom stereocenters. The first kappa shape index (κ1) is 12.6. The molecule has 0 aromatic heterocycles. The summed E-state index contributed by atoms with van der Waals surface area (Å²) in [6.45, 7) is 5.26. The summed E-state index contributed by atoms with van der Waals surface area (Å²) in [5.74, 6) is 0. The molecule has 0 rings (SSSR count). The predicted octanol–water partition coefficient (Wildman–Crippen LogP) is 1.01. The Kier molecular flexibility index (Phi) is 5.18. The Hall–Kier alpha value is -0.410. The highest BCUT2D eigenvalue weighted by atomic mass is 31.2. The van der Waals surface area contributed by atoms with Crippen molar-refractivity contribution in [2.24, 2.45) is 5.73 Å². The summed E-state index contributed by atoms with van der Waals surface area (Å²) in [5.41, 5.74) is 6.12. The van der Waals surface area contributed by atoms with Gasteiger partial charge in [0.2, 0.25) is 0 Å². The molecule has 0 aliphatic heterocycles. The van der Waals surface area contributed by atoms with Crippen LogP contribution in [0.4, 0.5) is 0 Å². The van der Waals surface area contributed by atoms with Gasteiger partial charge in [-0.25, -0.2) is 0 Å². The Balaban J connectivity index is 4.44. The molecule has 0 bridgehead atoms. The van der Waals surface area contributed by atoms with E-state index >= 15 is 0 Å². The number of rotatable bonds is 5. The Labute approximate surface area is 78.3 Å². The van der Waals surface area contributed by atoms with Gasteiger partial charge in [0.15, 0.2) is 0 Å². The van der Waals surface area contributed by atoms with Gasteiger partial charge in [-0.05, 0) is 13.3 Å². The topological polar surface area (TPSA) is 83.6 Å². The number of nitrogens with two attached hydrogens (primary N) is 1. The van der Waals surface area contributed by atoms with Crippen molar-refractivity contribution in [1.82, 2.24) is 0 Å². The van der Waals surface area contributed by atoms with Crippen molar-refractivity contribution < 1.29 is 14.4 Å². The molecular weight excluding hydrogens is 189 g/mol. The van der Waals surface area contributed by atoms with Crippen LogP contribution in [-0.4, -0.2) is 22.0 Å². The minimum absolute atomic E-state index is 0.193. The summed E-state index contributed by atoms with van der Waals surface area (Å²) in [5, 5.41) is 0. The summed E-state index contributed by atoms with van der Waals surface area (Å²) in [6, 6.07) is -0.193. The first-order valence-electron chi connectivity index (χ1n) is 3.96. The van der Waals surface area contributed by atoms with Gasteiger partial charge in [0, 0.05) is 6.04 Å². The molecular formula is C8H16NO3P. The van der Waals surface area contributed by atoms with Crippen LogP contribution in [0.3, 0.4) is 0 Å². The largest absolute Gasteiger partial charge is 0.329 e. The third-order valence-electron chi connectivity index (χ3n) is 1.31. The molecule has 5 heteroatoms. The van der Waals surface area contributed by atoms with Crippen LogP contribution in [0.5, 0.6) is 0 Å². The van der Waals surface area contributed by atoms with Crippen molar-refractivity contribution in [2.75, 3.05) is 6.16 Å². The third-order valence-corrected chi connectivity index (χ3v) is 2.13. The minimum atomic E-state index is -3.98. The van der Waals surface area contributed by atoms with Gasteiger partial charge in [-0.1, -0.05) is 17.7 Å². The first-order chi connectivity index (χ1) is 5.85. The van der Waals surface area contributed by atoms with E-state index in [-0.39, 0.29) is 12.2 Å². The summed E-state index contributed by atoms with van der Waals surface area (Å²) in [4.78, 5) is 17.4. The molecule has 0 aromatic carbocycles. The zero-order valence-electron chi connectivity index (χ0n) is 7.68. The van der Waals surface area contributed by atoms with Crippen LogP contribution in [0.1, 0.15) is 13.3 Å². The molecule has 0 radical (unpaired) electrons. The monoisotopic (exact) mass is 205 g/mol. The molecule has 1 atom stereocenters. The molecule has 0 aliphatic carbocycles. The number of hydrogen-bond donors (Lipinski definition) is 3. The average Bonchev–Trinajstić information content (AvgIpc) is 1.81. The van der Waals surface area contributed by atoms with Gasteiger partial charge in [0.05, 0.1) is 6.16 Å². The smallest absolute Gasteiger partial charge is 0.325 e. The molecule has 4 nitrogen and oxygen atoms in total. The van der Waals surface area contributed by atoms with Crippen LogP contribution < -0.4 is 5.73 Å². The summed E-state index contributed by atoms with van der Waals surface area (Å²) in [6.07, 6.45) is 3.48. The van der Waals surface area contributed by atoms with Crippen molar-refractivity contribution in [3.05, 3.63) is 24.3 Å². The van der Waals surface area contributed by atoms with Crippen LogP contribution in [0.25, 0.3) is 0 Å². The van der Waals surface area contributed by atoms with Crippen LogP contribution >= 0.6 is 7.60 Å². The maximum absolute atomic E-state index is 10.7. The van der Waals surface area contributed by atoms with Gasteiger partial charge >= 0.3 is 7.60 Å². The molecule has 0 spiro atoms. The third kappa shape index (κ3) is 7.94. The Morgan fingerprint density at radius 2 is 2.23 bits per heavy atom. The van der Waals surface area contributed by atoms with Gasteiger partial charge in [-0.2, -0.15) is 0 Å². The molecule has 0 aliphatic rings. The normalized spacial score (nSPS) is 15.5. The van der Waals surface area contributed by atoms with E-state index in [0.717, 1.165) is 0 Å². The van der Waals surface area contributed by atoms with Crippen LogP contribution in [0, 0.1) is 0 Å². The lowest BCUT2D eigenvalue weighted by atomic mass is 10.1. The predicted molar refractivity (Wildman–Crippen MR) is 53.5 cm³/mol. The van der Waals surface area contributed by atoms with E-state index in [9.17, 15) is 4.57 Å². The van der Waals surface area contributed by atoms with Crippen LogP contribution in [0.15, 0.2) is 24.3 Å². The Morgan fingerprint density at radius 3 is 2.54 bits per heavy atom. The van der Waals surface area contributed by atoms with Gasteiger partial charge in [-0.3, -0.25) is 4.57 Å². The quantitative estimate of drug-likeness (QED) is 0.462. The fourth-order valence-corrected chi connectivity index (χ4v) is 1.77. The second-order valence-electron chi connectivity index (χ2n) is 3.00. The van der Waals surface area contributed by atoms with Gasteiger partial charge in [0.1, 0.15) is 0 Å². The molecule has 76 valence electrons. The molecule has 0 aromatic rings. The maximum atomic E-state index is 10.7. The number of hydrogen-bond acceptors (Lipinski definition) is 2. The SMILES string of the molecule is C=CC/C(=C\C(C)N)CP(=O)(O)O. The van der Waals surface area contributed by atoms with Gasteiger partial charge in [0.25, 0.3) is 0 Å². The molecule has 0 saturated carbocycles. The van der Waals surface area contributed by atoms with Crippen molar-refractivity contribution in [2.45, 2.75) is 19.4 Å². The second kappa shape index (κ2) is 5.35. The van der Waals surface area contributed by atoms with Crippen molar-refractivity contribution in [3.63, 3.8) is 0 Å². The van der Waals surface area contributed by atoms with Crippen molar-refractivity contribution >= 4 is 7.60 Å². The lowest BCUT2D eigenvalue weighted by Gasteiger charge is -2.08. The van der Waals surface area contributed by atoms with E-state index in [4.69, 9.17) is 15.5 Å². The van der Waals surface area contributed by atoms with E-state index in [0.29, 0.717) is 12.0 Å². The zero-order valence-corrected chi connectivity index (χ0v) is 8.58. The van der Waals surface area contributed by atoms with Gasteiger partial charge in [-0.15, -0.1) is 6.58 Å². The summed E-state index contributed by atoms with van der Waals surface area (Å²) >= 11 is 0. The zero-order chi connectivity index (χ0) is 10.5. The molecule has 0 saturated heterocycles. The minimum Gasteiger partial charge on any atom is -0.325 e. The Morgan fingerprint density at radius 1 is 1.69 bits per heavy atom. The fraction of sp³-hybridized carbons (Fsp3) is 0.500. The van der Waals surface area contributed by atoms with E-state index in [1.807, 2.05) is 0 Å². The maximum Gasteiger partial charge on any atom is 0.329 e. The highest BCUT2D eigenvalue weighted by Crippen LogP contribution is 2.37.